The van der Waals surface area contributed by atoms with Crippen LogP contribution in [0.3, 0.4) is 0 Å². The van der Waals surface area contributed by atoms with Crippen LogP contribution in [0.4, 0.5) is 0 Å². The number of rotatable bonds is 7. The zero-order valence-corrected chi connectivity index (χ0v) is 17.3. The van der Waals surface area contributed by atoms with Crippen LogP contribution < -0.4 is 5.32 Å². The highest BCUT2D eigenvalue weighted by Crippen LogP contribution is 2.36. The molecule has 0 bridgehead atoms. The number of hydrogen-bond acceptors (Lipinski definition) is 4. The van der Waals surface area contributed by atoms with Gasteiger partial charge in [0.05, 0.1) is 9.75 Å². The number of carbonyl (C=O) groups is 1. The van der Waals surface area contributed by atoms with E-state index in [-0.39, 0.29) is 5.92 Å². The van der Waals surface area contributed by atoms with Gasteiger partial charge in [0.15, 0.2) is 5.78 Å². The molecule has 0 unspecified atom stereocenters. The Morgan fingerprint density at radius 1 is 1.12 bits per heavy atom. The van der Waals surface area contributed by atoms with Gasteiger partial charge in [-0.2, -0.15) is 0 Å². The molecule has 2 heterocycles. The van der Waals surface area contributed by atoms with Gasteiger partial charge in [-0.1, -0.05) is 12.8 Å². The first-order chi connectivity index (χ1) is 12.7. The molecule has 2 aromatic rings. The lowest BCUT2D eigenvalue weighted by Gasteiger charge is -2.27. The number of carbonyl (C=O) groups excluding carboxylic acids is 1. The first-order valence-electron chi connectivity index (χ1n) is 9.59. The van der Waals surface area contributed by atoms with E-state index in [9.17, 15) is 4.79 Å². The Balaban J connectivity index is 1.57. The summed E-state index contributed by atoms with van der Waals surface area (Å²) >= 11 is 3.34. The fourth-order valence-corrected chi connectivity index (χ4v) is 5.60. The van der Waals surface area contributed by atoms with Gasteiger partial charge in [-0.05, 0) is 82.3 Å². The summed E-state index contributed by atoms with van der Waals surface area (Å²) < 4.78 is 0. The van der Waals surface area contributed by atoms with E-state index in [1.54, 1.807) is 22.7 Å². The average Bonchev–Trinajstić information content (AvgIpc) is 3.32. The van der Waals surface area contributed by atoms with Gasteiger partial charge in [0.1, 0.15) is 0 Å². The van der Waals surface area contributed by atoms with E-state index in [1.165, 1.54) is 29.0 Å². The van der Waals surface area contributed by atoms with Gasteiger partial charge in [-0.25, -0.2) is 0 Å². The molecule has 3 rings (SSSR count). The Morgan fingerprint density at radius 2 is 1.85 bits per heavy atom. The molecule has 1 saturated carbocycles. The Hall–Kier alpha value is -1.41. The fraction of sp³-hybridized carbons (Fsp3) is 0.500. The van der Waals surface area contributed by atoms with Crippen molar-refractivity contribution >= 4 is 28.5 Å². The smallest absolute Gasteiger partial charge is 0.175 e. The fourth-order valence-electron chi connectivity index (χ4n) is 3.58. The van der Waals surface area contributed by atoms with Crippen LogP contribution in [0.15, 0.2) is 24.3 Å². The van der Waals surface area contributed by atoms with E-state index in [0.29, 0.717) is 5.78 Å². The topological polar surface area (TPSA) is 29.1 Å². The van der Waals surface area contributed by atoms with Crippen LogP contribution in [0.5, 0.6) is 0 Å². The van der Waals surface area contributed by atoms with Gasteiger partial charge in [-0.15, -0.1) is 28.6 Å². The van der Waals surface area contributed by atoms with Crippen molar-refractivity contribution < 1.29 is 4.79 Å². The molecule has 1 aliphatic rings. The lowest BCUT2D eigenvalue weighted by molar-refractivity contribution is 0.0876. The molecule has 1 aliphatic carbocycles. The van der Waals surface area contributed by atoms with Crippen molar-refractivity contribution in [1.29, 1.82) is 0 Å². The molecule has 2 aromatic heterocycles. The van der Waals surface area contributed by atoms with Crippen LogP contribution in [0, 0.1) is 23.7 Å². The van der Waals surface area contributed by atoms with Gasteiger partial charge < -0.3 is 5.32 Å². The molecule has 1 fully saturated rings. The Kier molecular flexibility index (Phi) is 7.07. The number of nitrogens with one attached hydrogen (secondary N) is 1. The van der Waals surface area contributed by atoms with E-state index in [0.717, 1.165) is 41.6 Å². The third kappa shape index (κ3) is 4.85. The maximum absolute atomic E-state index is 12.9. The van der Waals surface area contributed by atoms with Crippen LogP contribution in [0.1, 0.15) is 60.5 Å². The highest BCUT2D eigenvalue weighted by atomic mass is 32.1. The highest BCUT2D eigenvalue weighted by Gasteiger charge is 2.27. The number of hydrogen-bond donors (Lipinski definition) is 1. The van der Waals surface area contributed by atoms with Crippen LogP contribution >= 0.6 is 22.7 Å². The minimum atomic E-state index is 0.216. The molecule has 0 aromatic carbocycles. The summed E-state index contributed by atoms with van der Waals surface area (Å²) in [6, 6.07) is 8.28. The van der Waals surface area contributed by atoms with Crippen molar-refractivity contribution in [3.8, 4) is 21.6 Å². The van der Waals surface area contributed by atoms with Gasteiger partial charge in [0.2, 0.25) is 0 Å². The van der Waals surface area contributed by atoms with Crippen molar-refractivity contribution in [2.24, 2.45) is 11.8 Å². The molecule has 0 saturated heterocycles. The van der Waals surface area contributed by atoms with E-state index in [1.807, 2.05) is 13.0 Å². The van der Waals surface area contributed by atoms with E-state index in [2.05, 4.69) is 42.3 Å². The molecule has 26 heavy (non-hydrogen) atoms. The van der Waals surface area contributed by atoms with Gasteiger partial charge in [0.25, 0.3) is 0 Å². The van der Waals surface area contributed by atoms with Crippen LogP contribution in [-0.4, -0.2) is 18.9 Å². The third-order valence-corrected chi connectivity index (χ3v) is 7.32. The lowest BCUT2D eigenvalue weighted by atomic mass is 9.79. The van der Waals surface area contributed by atoms with E-state index in [4.69, 9.17) is 0 Å². The summed E-state index contributed by atoms with van der Waals surface area (Å²) in [5.41, 5.74) is 0. The van der Waals surface area contributed by atoms with Crippen molar-refractivity contribution in [3.63, 3.8) is 0 Å². The maximum atomic E-state index is 12.9. The second-order valence-corrected chi connectivity index (χ2v) is 9.16. The molecule has 4 heteroatoms. The minimum absolute atomic E-state index is 0.216. The van der Waals surface area contributed by atoms with Crippen molar-refractivity contribution in [1.82, 2.24) is 5.32 Å². The Labute approximate surface area is 165 Å². The second-order valence-electron chi connectivity index (χ2n) is 6.99. The molecular formula is C22H27NOS2. The van der Waals surface area contributed by atoms with E-state index < -0.39 is 0 Å². The van der Waals surface area contributed by atoms with Crippen molar-refractivity contribution in [2.75, 3.05) is 13.1 Å². The maximum Gasteiger partial charge on any atom is 0.175 e. The summed E-state index contributed by atoms with van der Waals surface area (Å²) in [4.78, 5) is 17.3. The highest BCUT2D eigenvalue weighted by molar-refractivity contribution is 7.23. The van der Waals surface area contributed by atoms with Gasteiger partial charge in [0, 0.05) is 15.7 Å². The molecule has 1 N–H and O–H groups in total. The summed E-state index contributed by atoms with van der Waals surface area (Å²) in [7, 11) is 0. The predicted molar refractivity (Wildman–Crippen MR) is 113 cm³/mol. The Bertz CT molecular complexity index is 784. The first-order valence-corrected chi connectivity index (χ1v) is 11.2. The normalized spacial score (nSPS) is 19.8. The van der Waals surface area contributed by atoms with Crippen molar-refractivity contribution in [2.45, 2.75) is 46.0 Å². The first kappa shape index (κ1) is 19.4. The molecule has 138 valence electrons. The minimum Gasteiger partial charge on any atom is -0.316 e. The summed E-state index contributed by atoms with van der Waals surface area (Å²) in [6.07, 6.45) is 5.62. The predicted octanol–water partition coefficient (Wildman–Crippen LogP) is 5.84. The number of thiophene rings is 2. The molecule has 2 nitrogen and oxygen atoms in total. The molecular weight excluding hydrogens is 358 g/mol. The molecule has 0 amide bonds. The van der Waals surface area contributed by atoms with Crippen LogP contribution in [0.2, 0.25) is 0 Å². The summed E-state index contributed by atoms with van der Waals surface area (Å²) in [6.45, 7) is 6.27. The number of ketones is 1. The lowest BCUT2D eigenvalue weighted by Crippen LogP contribution is -2.29. The molecule has 0 spiro atoms. The zero-order chi connectivity index (χ0) is 18.4. The molecule has 0 radical (unpaired) electrons. The zero-order valence-electron chi connectivity index (χ0n) is 15.6. The largest absolute Gasteiger partial charge is 0.316 e. The molecule has 0 aliphatic heterocycles. The summed E-state index contributed by atoms with van der Waals surface area (Å²) in [5.74, 6) is 7.36. The second kappa shape index (κ2) is 9.50. The van der Waals surface area contributed by atoms with Crippen molar-refractivity contribution in [3.05, 3.63) is 34.0 Å². The van der Waals surface area contributed by atoms with Crippen LogP contribution in [0.25, 0.3) is 9.75 Å². The quantitative estimate of drug-likeness (QED) is 0.369. The van der Waals surface area contributed by atoms with Crippen LogP contribution in [-0.2, 0) is 0 Å². The average molecular weight is 386 g/mol. The van der Waals surface area contributed by atoms with Gasteiger partial charge in [-0.3, -0.25) is 4.79 Å². The summed E-state index contributed by atoms with van der Waals surface area (Å²) in [5, 5.41) is 3.52. The monoisotopic (exact) mass is 385 g/mol. The molecule has 0 atom stereocenters. The third-order valence-electron chi connectivity index (χ3n) is 5.02. The standard InChI is InChI=1S/C22H27NOS2/c1-3-5-18-10-11-19(25-18)20-12-13-21(26-20)22(24)17-8-6-16(7-9-17)15-23-14-4-2/h10-13,16-17,23H,4,6-9,14-15H2,1-2H3. The Morgan fingerprint density at radius 3 is 2.58 bits per heavy atom. The SMILES string of the molecule is CC#Cc1ccc(-c2ccc(C(=O)C3CCC(CNCCC)CC3)s2)s1. The van der Waals surface area contributed by atoms with Gasteiger partial charge >= 0.3 is 0 Å². The number of Topliss-reactive ketones (excluding diaryl/α,β-unsaturated/α-hetero) is 1. The van der Waals surface area contributed by atoms with E-state index >= 15 is 0 Å².